The Hall–Kier alpha value is -3.31. The van der Waals surface area contributed by atoms with Gasteiger partial charge in [0, 0.05) is 6.07 Å². The van der Waals surface area contributed by atoms with E-state index in [1.807, 2.05) is 18.2 Å². The van der Waals surface area contributed by atoms with Crippen molar-refractivity contribution in [1.82, 2.24) is 10.2 Å². The lowest BCUT2D eigenvalue weighted by Gasteiger charge is -2.11. The topological polar surface area (TPSA) is 112 Å². The predicted molar refractivity (Wildman–Crippen MR) is 119 cm³/mol. The van der Waals surface area contributed by atoms with E-state index in [2.05, 4.69) is 20.8 Å². The molecule has 3 aromatic rings. The number of carbonyl (C=O) groups is 2. The van der Waals surface area contributed by atoms with Gasteiger partial charge in [-0.3, -0.25) is 14.9 Å². The first-order valence-electron chi connectivity index (χ1n) is 9.03. The zero-order chi connectivity index (χ0) is 22.1. The molecule has 0 aliphatic carbocycles. The first-order chi connectivity index (χ1) is 15.1. The van der Waals surface area contributed by atoms with Crippen LogP contribution in [0.15, 0.2) is 52.9 Å². The third-order valence-electron chi connectivity index (χ3n) is 3.77. The number of hydrogen-bond acceptors (Lipinski definition) is 9. The average Bonchev–Trinajstić information content (AvgIpc) is 3.24. The van der Waals surface area contributed by atoms with Crippen LogP contribution in [0.3, 0.4) is 0 Å². The van der Waals surface area contributed by atoms with Crippen molar-refractivity contribution in [2.24, 2.45) is 0 Å². The highest BCUT2D eigenvalue weighted by Crippen LogP contribution is 2.30. The van der Waals surface area contributed by atoms with Crippen LogP contribution in [-0.2, 0) is 9.59 Å². The number of ether oxygens (including phenoxy) is 3. The molecule has 0 aliphatic heterocycles. The third kappa shape index (κ3) is 6.86. The monoisotopic (exact) mass is 460 g/mol. The zero-order valence-corrected chi connectivity index (χ0v) is 18.4. The number of thioether (sulfide) groups is 1. The number of amides is 2. The number of carbonyl (C=O) groups excluding carboxylic acids is 2. The summed E-state index contributed by atoms with van der Waals surface area (Å²) >= 11 is 2.38. The number of para-hydroxylation sites is 1. The van der Waals surface area contributed by atoms with Crippen molar-refractivity contribution in [3.63, 3.8) is 0 Å². The highest BCUT2D eigenvalue weighted by atomic mass is 32.2. The maximum Gasteiger partial charge on any atom is 0.264 e. The summed E-state index contributed by atoms with van der Waals surface area (Å²) in [5.74, 6) is 1.25. The molecule has 3 rings (SSSR count). The number of nitrogens with zero attached hydrogens (tertiary/aromatic N) is 2. The van der Waals surface area contributed by atoms with E-state index in [0.717, 1.165) is 0 Å². The molecule has 0 fully saturated rings. The number of nitrogens with one attached hydrogen (secondary N) is 2. The van der Waals surface area contributed by atoms with Gasteiger partial charge >= 0.3 is 0 Å². The van der Waals surface area contributed by atoms with Crippen molar-refractivity contribution in [1.29, 1.82) is 0 Å². The molecule has 2 aromatic carbocycles. The lowest BCUT2D eigenvalue weighted by Crippen LogP contribution is -2.20. The van der Waals surface area contributed by atoms with Crippen LogP contribution in [0.1, 0.15) is 0 Å². The van der Waals surface area contributed by atoms with Crippen molar-refractivity contribution in [2.75, 3.05) is 37.2 Å². The maximum absolute atomic E-state index is 12.3. The van der Waals surface area contributed by atoms with Gasteiger partial charge in [0.2, 0.25) is 11.0 Å². The highest BCUT2D eigenvalue weighted by molar-refractivity contribution is 8.01. The lowest BCUT2D eigenvalue weighted by atomic mass is 10.2. The van der Waals surface area contributed by atoms with E-state index in [1.165, 1.54) is 30.2 Å². The molecule has 1 heterocycles. The van der Waals surface area contributed by atoms with Gasteiger partial charge in [0.15, 0.2) is 10.9 Å². The van der Waals surface area contributed by atoms with Crippen molar-refractivity contribution in [3.8, 4) is 17.2 Å². The highest BCUT2D eigenvalue weighted by Gasteiger charge is 2.13. The predicted octanol–water partition coefficient (Wildman–Crippen LogP) is 3.30. The van der Waals surface area contributed by atoms with Crippen LogP contribution in [-0.4, -0.2) is 48.6 Å². The molecule has 0 atom stereocenters. The second-order valence-corrected chi connectivity index (χ2v) is 8.13. The minimum atomic E-state index is -0.348. The molecular weight excluding hydrogens is 440 g/mol. The minimum absolute atomic E-state index is 0.111. The number of methoxy groups -OCH3 is 2. The Bertz CT molecular complexity index is 1030. The largest absolute Gasteiger partial charge is 0.497 e. The van der Waals surface area contributed by atoms with Crippen LogP contribution in [0.25, 0.3) is 0 Å². The molecule has 1 aromatic heterocycles. The first-order valence-corrected chi connectivity index (χ1v) is 10.8. The molecule has 9 nitrogen and oxygen atoms in total. The van der Waals surface area contributed by atoms with E-state index in [0.29, 0.717) is 32.4 Å². The fourth-order valence-corrected chi connectivity index (χ4v) is 3.93. The number of rotatable bonds is 10. The number of benzene rings is 2. The standard InChI is InChI=1S/C20H20N4O5S2/c1-27-14-8-9-16(28-2)15(10-14)21-18(26)12-30-20-24-23-19(31-20)22-17(25)11-29-13-6-4-3-5-7-13/h3-10H,11-12H2,1-2H3,(H,21,26)(H,22,23,25). The smallest absolute Gasteiger partial charge is 0.264 e. The lowest BCUT2D eigenvalue weighted by molar-refractivity contribution is -0.118. The molecule has 0 spiro atoms. The molecular formula is C20H20N4O5S2. The van der Waals surface area contributed by atoms with E-state index >= 15 is 0 Å². The van der Waals surface area contributed by atoms with Gasteiger partial charge in [-0.2, -0.15) is 0 Å². The SMILES string of the molecule is COc1ccc(OC)c(NC(=O)CSc2nnc(NC(=O)COc3ccccc3)s2)c1. The van der Waals surface area contributed by atoms with Gasteiger partial charge in [-0.25, -0.2) is 0 Å². The summed E-state index contributed by atoms with van der Waals surface area (Å²) in [6.07, 6.45) is 0. The Morgan fingerprint density at radius 1 is 0.968 bits per heavy atom. The van der Waals surface area contributed by atoms with Crippen molar-refractivity contribution >= 4 is 45.7 Å². The average molecular weight is 461 g/mol. The Morgan fingerprint density at radius 2 is 1.77 bits per heavy atom. The number of aromatic nitrogens is 2. The summed E-state index contributed by atoms with van der Waals surface area (Å²) in [5.41, 5.74) is 0.510. The summed E-state index contributed by atoms with van der Waals surface area (Å²) in [7, 11) is 3.07. The summed E-state index contributed by atoms with van der Waals surface area (Å²) in [4.78, 5) is 24.3. The Balaban J connectivity index is 1.46. The van der Waals surface area contributed by atoms with Gasteiger partial charge in [-0.1, -0.05) is 41.3 Å². The van der Waals surface area contributed by atoms with E-state index in [9.17, 15) is 9.59 Å². The Morgan fingerprint density at radius 3 is 2.52 bits per heavy atom. The van der Waals surface area contributed by atoms with Crippen molar-refractivity contribution < 1.29 is 23.8 Å². The van der Waals surface area contributed by atoms with Crippen LogP contribution >= 0.6 is 23.1 Å². The normalized spacial score (nSPS) is 10.3. The van der Waals surface area contributed by atoms with Crippen LogP contribution in [0.2, 0.25) is 0 Å². The van der Waals surface area contributed by atoms with Crippen LogP contribution < -0.4 is 24.8 Å². The molecule has 0 saturated heterocycles. The second kappa shape index (κ2) is 11.2. The fourth-order valence-electron chi connectivity index (χ4n) is 2.36. The molecule has 0 saturated carbocycles. The second-order valence-electron chi connectivity index (χ2n) is 5.93. The van der Waals surface area contributed by atoms with E-state index < -0.39 is 0 Å². The quantitative estimate of drug-likeness (QED) is 0.350. The summed E-state index contributed by atoms with van der Waals surface area (Å²) in [6, 6.07) is 14.2. The summed E-state index contributed by atoms with van der Waals surface area (Å²) in [5, 5.41) is 13.6. The van der Waals surface area contributed by atoms with Gasteiger partial charge in [-0.15, -0.1) is 10.2 Å². The molecule has 0 radical (unpaired) electrons. The van der Waals surface area contributed by atoms with E-state index in [4.69, 9.17) is 14.2 Å². The number of anilines is 2. The summed E-state index contributed by atoms with van der Waals surface area (Å²) < 4.78 is 16.4. The first kappa shape index (κ1) is 22.4. The number of hydrogen-bond donors (Lipinski definition) is 2. The molecule has 31 heavy (non-hydrogen) atoms. The summed E-state index contributed by atoms with van der Waals surface area (Å²) in [6.45, 7) is -0.142. The zero-order valence-electron chi connectivity index (χ0n) is 16.8. The fraction of sp³-hybridized carbons (Fsp3) is 0.200. The van der Waals surface area contributed by atoms with E-state index in [1.54, 1.807) is 37.4 Å². The molecule has 0 bridgehead atoms. The Labute approximate surface area is 187 Å². The minimum Gasteiger partial charge on any atom is -0.497 e. The van der Waals surface area contributed by atoms with Crippen molar-refractivity contribution in [2.45, 2.75) is 4.34 Å². The van der Waals surface area contributed by atoms with E-state index in [-0.39, 0.29) is 24.2 Å². The molecule has 0 aliphatic rings. The van der Waals surface area contributed by atoms with Gasteiger partial charge in [0.05, 0.1) is 25.7 Å². The van der Waals surface area contributed by atoms with Crippen LogP contribution in [0, 0.1) is 0 Å². The van der Waals surface area contributed by atoms with Crippen LogP contribution in [0.4, 0.5) is 10.8 Å². The van der Waals surface area contributed by atoms with Gasteiger partial charge < -0.3 is 19.5 Å². The van der Waals surface area contributed by atoms with Crippen LogP contribution in [0.5, 0.6) is 17.2 Å². The maximum atomic E-state index is 12.3. The van der Waals surface area contributed by atoms with Gasteiger partial charge in [0.25, 0.3) is 5.91 Å². The van der Waals surface area contributed by atoms with Gasteiger partial charge in [-0.05, 0) is 24.3 Å². The molecule has 2 N–H and O–H groups in total. The van der Waals surface area contributed by atoms with Crippen molar-refractivity contribution in [3.05, 3.63) is 48.5 Å². The molecule has 162 valence electrons. The molecule has 11 heteroatoms. The third-order valence-corrected chi connectivity index (χ3v) is 5.75. The molecule has 0 unspecified atom stereocenters. The molecule has 2 amide bonds. The van der Waals surface area contributed by atoms with Gasteiger partial charge in [0.1, 0.15) is 17.2 Å². The Kier molecular flexibility index (Phi) is 8.07.